The molecule has 6 nitrogen and oxygen atoms in total. The molecule has 20 heavy (non-hydrogen) atoms. The second kappa shape index (κ2) is 7.18. The van der Waals surface area contributed by atoms with Gasteiger partial charge in [-0.2, -0.15) is 0 Å². The van der Waals surface area contributed by atoms with Gasteiger partial charge in [0.05, 0.1) is 20.8 Å². The number of ether oxygens (including phenoxy) is 3. The molecule has 0 aromatic heterocycles. The standard InChI is InChI=1S/C14H16O6/c1-4-20-13-11(18-2)7-9(8-12(13)19-3)5-6-10(15)14(16)17/h5-8H,4H2,1-3H3,(H,16,17)/b6-5+. The topological polar surface area (TPSA) is 82.1 Å². The van der Waals surface area contributed by atoms with E-state index >= 15 is 0 Å². The first-order valence-electron chi connectivity index (χ1n) is 5.87. The van der Waals surface area contributed by atoms with Crippen molar-refractivity contribution in [3.8, 4) is 17.2 Å². The molecule has 1 aromatic carbocycles. The highest BCUT2D eigenvalue weighted by atomic mass is 16.5. The average Bonchev–Trinajstić information content (AvgIpc) is 2.45. The highest BCUT2D eigenvalue weighted by Gasteiger charge is 2.13. The Morgan fingerprint density at radius 3 is 2.15 bits per heavy atom. The van der Waals surface area contributed by atoms with Crippen LogP contribution in [-0.2, 0) is 9.59 Å². The Balaban J connectivity index is 3.17. The van der Waals surface area contributed by atoms with E-state index in [0.29, 0.717) is 29.4 Å². The number of hydrogen-bond donors (Lipinski definition) is 1. The van der Waals surface area contributed by atoms with Crippen molar-refractivity contribution in [2.75, 3.05) is 20.8 Å². The maximum absolute atomic E-state index is 11.0. The Bertz CT molecular complexity index is 507. The third-order valence-electron chi connectivity index (χ3n) is 2.41. The quantitative estimate of drug-likeness (QED) is 0.605. The SMILES string of the molecule is CCOc1c(OC)cc(/C=C/C(=O)C(=O)O)cc1OC. The number of methoxy groups -OCH3 is 2. The van der Waals surface area contributed by atoms with Crippen LogP contribution in [0.3, 0.4) is 0 Å². The van der Waals surface area contributed by atoms with Crippen molar-refractivity contribution in [3.05, 3.63) is 23.8 Å². The lowest BCUT2D eigenvalue weighted by Gasteiger charge is -2.14. The lowest BCUT2D eigenvalue weighted by atomic mass is 10.1. The second-order valence-electron chi connectivity index (χ2n) is 3.69. The number of benzene rings is 1. The van der Waals surface area contributed by atoms with Crippen LogP contribution in [0.4, 0.5) is 0 Å². The van der Waals surface area contributed by atoms with Crippen molar-refractivity contribution in [2.45, 2.75) is 6.92 Å². The van der Waals surface area contributed by atoms with Gasteiger partial charge in [0, 0.05) is 0 Å². The smallest absolute Gasteiger partial charge is 0.376 e. The maximum Gasteiger partial charge on any atom is 0.376 e. The molecule has 0 aliphatic carbocycles. The molecular formula is C14H16O6. The molecule has 0 bridgehead atoms. The van der Waals surface area contributed by atoms with Crippen LogP contribution in [0.2, 0.25) is 0 Å². The monoisotopic (exact) mass is 280 g/mol. The minimum Gasteiger partial charge on any atom is -0.493 e. The van der Waals surface area contributed by atoms with E-state index < -0.39 is 11.8 Å². The van der Waals surface area contributed by atoms with Crippen molar-refractivity contribution in [3.63, 3.8) is 0 Å². The second-order valence-corrected chi connectivity index (χ2v) is 3.69. The first-order chi connectivity index (χ1) is 9.53. The van der Waals surface area contributed by atoms with E-state index in [1.165, 1.54) is 20.3 Å². The highest BCUT2D eigenvalue weighted by molar-refractivity contribution is 6.38. The molecule has 0 spiro atoms. The van der Waals surface area contributed by atoms with Gasteiger partial charge in [-0.3, -0.25) is 4.79 Å². The number of carboxylic acid groups (broad SMARTS) is 1. The van der Waals surface area contributed by atoms with E-state index in [4.69, 9.17) is 19.3 Å². The third-order valence-corrected chi connectivity index (χ3v) is 2.41. The number of carbonyl (C=O) groups is 2. The van der Waals surface area contributed by atoms with Crippen molar-refractivity contribution in [1.82, 2.24) is 0 Å². The normalized spacial score (nSPS) is 10.3. The fourth-order valence-corrected chi connectivity index (χ4v) is 1.53. The fraction of sp³-hybridized carbons (Fsp3) is 0.286. The summed E-state index contributed by atoms with van der Waals surface area (Å²) in [7, 11) is 2.96. The molecule has 0 aliphatic rings. The van der Waals surface area contributed by atoms with Crippen LogP contribution in [0.25, 0.3) is 6.08 Å². The van der Waals surface area contributed by atoms with Crippen LogP contribution in [0.15, 0.2) is 18.2 Å². The zero-order chi connectivity index (χ0) is 15.1. The Morgan fingerprint density at radius 2 is 1.75 bits per heavy atom. The van der Waals surface area contributed by atoms with Gasteiger partial charge in [-0.1, -0.05) is 6.08 Å². The van der Waals surface area contributed by atoms with Crippen LogP contribution >= 0.6 is 0 Å². The van der Waals surface area contributed by atoms with Crippen molar-refractivity contribution >= 4 is 17.8 Å². The lowest BCUT2D eigenvalue weighted by molar-refractivity contribution is -0.146. The number of aliphatic carboxylic acids is 1. The van der Waals surface area contributed by atoms with Gasteiger partial charge in [0.2, 0.25) is 5.75 Å². The van der Waals surface area contributed by atoms with Crippen LogP contribution < -0.4 is 14.2 Å². The summed E-state index contributed by atoms with van der Waals surface area (Å²) in [6.07, 6.45) is 2.34. The van der Waals surface area contributed by atoms with Crippen molar-refractivity contribution in [2.24, 2.45) is 0 Å². The Labute approximate surface area is 116 Å². The fourth-order valence-electron chi connectivity index (χ4n) is 1.53. The van der Waals surface area contributed by atoms with Gasteiger partial charge in [0.25, 0.3) is 5.78 Å². The summed E-state index contributed by atoms with van der Waals surface area (Å²) >= 11 is 0. The lowest BCUT2D eigenvalue weighted by Crippen LogP contribution is -2.08. The van der Waals surface area contributed by atoms with Gasteiger partial charge in [-0.05, 0) is 30.7 Å². The van der Waals surface area contributed by atoms with Crippen LogP contribution in [-0.4, -0.2) is 37.7 Å². The molecule has 0 unspecified atom stereocenters. The van der Waals surface area contributed by atoms with Gasteiger partial charge in [0.15, 0.2) is 11.5 Å². The third kappa shape index (κ3) is 3.74. The molecule has 6 heteroatoms. The minimum atomic E-state index is -1.51. The van der Waals surface area contributed by atoms with E-state index in [1.54, 1.807) is 12.1 Å². The minimum absolute atomic E-state index is 0.439. The van der Waals surface area contributed by atoms with Gasteiger partial charge in [-0.15, -0.1) is 0 Å². The summed E-state index contributed by atoms with van der Waals surface area (Å²) < 4.78 is 15.8. The van der Waals surface area contributed by atoms with E-state index in [0.717, 1.165) is 6.08 Å². The number of carboxylic acids is 1. The first kappa shape index (κ1) is 15.6. The molecule has 108 valence electrons. The zero-order valence-corrected chi connectivity index (χ0v) is 11.5. The summed E-state index contributed by atoms with van der Waals surface area (Å²) in [4.78, 5) is 21.5. The molecule has 0 saturated heterocycles. The Morgan fingerprint density at radius 1 is 1.20 bits per heavy atom. The van der Waals surface area contributed by atoms with Crippen molar-refractivity contribution < 1.29 is 28.9 Å². The predicted octanol–water partition coefficient (Wildman–Crippen LogP) is 1.77. The van der Waals surface area contributed by atoms with Gasteiger partial charge in [-0.25, -0.2) is 4.79 Å². The summed E-state index contributed by atoms with van der Waals surface area (Å²) in [5.41, 5.74) is 0.566. The number of carbonyl (C=O) groups excluding carboxylic acids is 1. The zero-order valence-electron chi connectivity index (χ0n) is 11.5. The Hall–Kier alpha value is -2.50. The number of hydrogen-bond acceptors (Lipinski definition) is 5. The first-order valence-corrected chi connectivity index (χ1v) is 5.87. The molecule has 0 atom stereocenters. The molecule has 0 heterocycles. The molecule has 0 amide bonds. The molecule has 0 radical (unpaired) electrons. The molecule has 0 aliphatic heterocycles. The molecule has 1 aromatic rings. The molecule has 0 fully saturated rings. The van der Waals surface area contributed by atoms with Crippen LogP contribution in [0.5, 0.6) is 17.2 Å². The Kier molecular flexibility index (Phi) is 5.58. The molecule has 0 saturated carbocycles. The van der Waals surface area contributed by atoms with E-state index in [-0.39, 0.29) is 0 Å². The van der Waals surface area contributed by atoms with Gasteiger partial charge >= 0.3 is 5.97 Å². The highest BCUT2D eigenvalue weighted by Crippen LogP contribution is 2.38. The summed E-state index contributed by atoms with van der Waals surface area (Å²) in [6, 6.07) is 3.25. The maximum atomic E-state index is 11.0. The van der Waals surface area contributed by atoms with Gasteiger partial charge in [0.1, 0.15) is 0 Å². The number of ketones is 1. The van der Waals surface area contributed by atoms with E-state index in [9.17, 15) is 9.59 Å². The predicted molar refractivity (Wildman–Crippen MR) is 72.4 cm³/mol. The number of rotatable bonds is 7. The molecule has 1 rings (SSSR count). The van der Waals surface area contributed by atoms with Crippen LogP contribution in [0.1, 0.15) is 12.5 Å². The summed E-state index contributed by atoms with van der Waals surface area (Å²) in [5.74, 6) is -1.18. The largest absolute Gasteiger partial charge is 0.493 e. The van der Waals surface area contributed by atoms with E-state index in [2.05, 4.69) is 0 Å². The van der Waals surface area contributed by atoms with Crippen LogP contribution in [0, 0.1) is 0 Å². The average molecular weight is 280 g/mol. The van der Waals surface area contributed by atoms with E-state index in [1.807, 2.05) is 6.92 Å². The van der Waals surface area contributed by atoms with Crippen molar-refractivity contribution in [1.29, 1.82) is 0 Å². The molecular weight excluding hydrogens is 264 g/mol. The summed E-state index contributed by atoms with van der Waals surface area (Å²) in [6.45, 7) is 2.28. The molecule has 1 N–H and O–H groups in total. The summed E-state index contributed by atoms with van der Waals surface area (Å²) in [5, 5.41) is 8.51. The van der Waals surface area contributed by atoms with Gasteiger partial charge < -0.3 is 19.3 Å².